The lowest BCUT2D eigenvalue weighted by atomic mass is 9.86. The summed E-state index contributed by atoms with van der Waals surface area (Å²) in [7, 11) is 0. The van der Waals surface area contributed by atoms with Gasteiger partial charge in [-0.05, 0) is 24.9 Å². The van der Waals surface area contributed by atoms with Gasteiger partial charge in [-0.15, -0.1) is 0 Å². The lowest BCUT2D eigenvalue weighted by Crippen LogP contribution is -2.46. The van der Waals surface area contributed by atoms with Gasteiger partial charge in [0.1, 0.15) is 5.76 Å². The Morgan fingerprint density at radius 3 is 2.89 bits per heavy atom. The zero-order chi connectivity index (χ0) is 13.9. The lowest BCUT2D eigenvalue weighted by molar-refractivity contribution is 0.180. The number of hydrogen-bond donors (Lipinski definition) is 1. The van der Waals surface area contributed by atoms with Crippen LogP contribution in [0.3, 0.4) is 0 Å². The Bertz CT molecular complexity index is 394. The van der Waals surface area contributed by atoms with Crippen LogP contribution in [-0.2, 0) is 13.0 Å². The number of rotatable bonds is 3. The van der Waals surface area contributed by atoms with E-state index in [0.29, 0.717) is 6.04 Å². The SMILES string of the molecule is CCc1cnc(CN2CCCNC(C(C)(C)C)C2)o1. The minimum absolute atomic E-state index is 0.285. The summed E-state index contributed by atoms with van der Waals surface area (Å²) in [6, 6.07) is 0.524. The Labute approximate surface area is 116 Å². The molecule has 0 radical (unpaired) electrons. The van der Waals surface area contributed by atoms with Gasteiger partial charge >= 0.3 is 0 Å². The summed E-state index contributed by atoms with van der Waals surface area (Å²) in [4.78, 5) is 6.83. The molecular formula is C15H27N3O. The predicted octanol–water partition coefficient (Wildman–Crippen LogP) is 2.45. The third-order valence-electron chi connectivity index (χ3n) is 3.84. The molecule has 4 heteroatoms. The normalized spacial score (nSPS) is 22.4. The molecule has 0 amide bonds. The van der Waals surface area contributed by atoms with Crippen LogP contribution < -0.4 is 5.32 Å². The molecule has 0 spiro atoms. The summed E-state index contributed by atoms with van der Waals surface area (Å²) < 4.78 is 5.72. The monoisotopic (exact) mass is 265 g/mol. The van der Waals surface area contributed by atoms with Crippen LogP contribution in [0, 0.1) is 5.41 Å². The van der Waals surface area contributed by atoms with E-state index < -0.39 is 0 Å². The second-order valence-corrected chi connectivity index (χ2v) is 6.54. The quantitative estimate of drug-likeness (QED) is 0.911. The fourth-order valence-electron chi connectivity index (χ4n) is 2.49. The zero-order valence-corrected chi connectivity index (χ0v) is 12.7. The standard InChI is InChI=1S/C15H27N3O/c1-5-12-9-17-14(19-12)11-18-8-6-7-16-13(10-18)15(2,3)4/h9,13,16H,5-8,10-11H2,1-4H3. The van der Waals surface area contributed by atoms with Crippen LogP contribution >= 0.6 is 0 Å². The molecule has 2 heterocycles. The summed E-state index contributed by atoms with van der Waals surface area (Å²) >= 11 is 0. The van der Waals surface area contributed by atoms with Gasteiger partial charge in [0.2, 0.25) is 5.89 Å². The zero-order valence-electron chi connectivity index (χ0n) is 12.7. The molecule has 1 aromatic heterocycles. The van der Waals surface area contributed by atoms with Crippen molar-refractivity contribution in [2.75, 3.05) is 19.6 Å². The molecule has 1 unspecified atom stereocenters. The van der Waals surface area contributed by atoms with Crippen molar-refractivity contribution in [1.82, 2.24) is 15.2 Å². The number of nitrogens with zero attached hydrogens (tertiary/aromatic N) is 2. The first-order chi connectivity index (χ1) is 8.99. The van der Waals surface area contributed by atoms with Crippen LogP contribution in [-0.4, -0.2) is 35.6 Å². The summed E-state index contributed by atoms with van der Waals surface area (Å²) in [6.45, 7) is 13.1. The van der Waals surface area contributed by atoms with Crippen LogP contribution in [0.5, 0.6) is 0 Å². The molecule has 1 aliphatic rings. The predicted molar refractivity (Wildman–Crippen MR) is 77.0 cm³/mol. The first kappa shape index (κ1) is 14.5. The maximum absolute atomic E-state index is 5.72. The highest BCUT2D eigenvalue weighted by atomic mass is 16.4. The number of nitrogens with one attached hydrogen (secondary N) is 1. The largest absolute Gasteiger partial charge is 0.444 e. The Hall–Kier alpha value is -0.870. The molecule has 1 saturated heterocycles. The van der Waals surface area contributed by atoms with E-state index in [9.17, 15) is 0 Å². The average Bonchev–Trinajstić information content (AvgIpc) is 2.64. The first-order valence-electron chi connectivity index (χ1n) is 7.38. The molecule has 0 bridgehead atoms. The Morgan fingerprint density at radius 1 is 1.47 bits per heavy atom. The molecule has 0 saturated carbocycles. The van der Waals surface area contributed by atoms with E-state index in [2.05, 4.69) is 42.9 Å². The van der Waals surface area contributed by atoms with Gasteiger partial charge in [0, 0.05) is 19.0 Å². The van der Waals surface area contributed by atoms with Gasteiger partial charge in [0.25, 0.3) is 0 Å². The van der Waals surface area contributed by atoms with Crippen LogP contribution in [0.25, 0.3) is 0 Å². The lowest BCUT2D eigenvalue weighted by Gasteiger charge is -2.33. The van der Waals surface area contributed by atoms with Crippen molar-refractivity contribution < 1.29 is 4.42 Å². The molecule has 2 rings (SSSR count). The number of aryl methyl sites for hydroxylation is 1. The summed E-state index contributed by atoms with van der Waals surface area (Å²) in [5.74, 6) is 1.83. The molecule has 1 atom stereocenters. The Kier molecular flexibility index (Phi) is 4.63. The van der Waals surface area contributed by atoms with E-state index >= 15 is 0 Å². The fourth-order valence-corrected chi connectivity index (χ4v) is 2.49. The van der Waals surface area contributed by atoms with Gasteiger partial charge in [-0.25, -0.2) is 4.98 Å². The van der Waals surface area contributed by atoms with Crippen molar-refractivity contribution in [3.63, 3.8) is 0 Å². The molecule has 19 heavy (non-hydrogen) atoms. The second kappa shape index (κ2) is 6.06. The summed E-state index contributed by atoms with van der Waals surface area (Å²) in [5, 5.41) is 3.66. The smallest absolute Gasteiger partial charge is 0.208 e. The molecule has 1 N–H and O–H groups in total. The van der Waals surface area contributed by atoms with Crippen molar-refractivity contribution in [1.29, 1.82) is 0 Å². The minimum Gasteiger partial charge on any atom is -0.444 e. The van der Waals surface area contributed by atoms with E-state index in [1.165, 1.54) is 6.42 Å². The summed E-state index contributed by atoms with van der Waals surface area (Å²) in [5.41, 5.74) is 0.285. The van der Waals surface area contributed by atoms with Crippen molar-refractivity contribution in [2.24, 2.45) is 5.41 Å². The van der Waals surface area contributed by atoms with Gasteiger partial charge < -0.3 is 9.73 Å². The minimum atomic E-state index is 0.285. The van der Waals surface area contributed by atoms with Crippen molar-refractivity contribution in [2.45, 2.75) is 53.1 Å². The van der Waals surface area contributed by atoms with E-state index in [-0.39, 0.29) is 5.41 Å². The van der Waals surface area contributed by atoms with Crippen LogP contribution in [0.15, 0.2) is 10.6 Å². The van der Waals surface area contributed by atoms with Gasteiger partial charge in [-0.2, -0.15) is 0 Å². The van der Waals surface area contributed by atoms with Crippen LogP contribution in [0.4, 0.5) is 0 Å². The fraction of sp³-hybridized carbons (Fsp3) is 0.800. The van der Waals surface area contributed by atoms with Crippen molar-refractivity contribution in [3.05, 3.63) is 17.8 Å². The Balaban J connectivity index is 1.98. The molecule has 0 aromatic carbocycles. The van der Waals surface area contributed by atoms with Crippen LogP contribution in [0.2, 0.25) is 0 Å². The van der Waals surface area contributed by atoms with Crippen molar-refractivity contribution >= 4 is 0 Å². The number of hydrogen-bond acceptors (Lipinski definition) is 4. The molecule has 0 aliphatic carbocycles. The second-order valence-electron chi connectivity index (χ2n) is 6.54. The molecular weight excluding hydrogens is 238 g/mol. The highest BCUT2D eigenvalue weighted by molar-refractivity contribution is 4.94. The third kappa shape index (κ3) is 4.05. The van der Waals surface area contributed by atoms with E-state index in [4.69, 9.17) is 4.42 Å². The van der Waals surface area contributed by atoms with Gasteiger partial charge in [0.15, 0.2) is 0 Å². The van der Waals surface area contributed by atoms with Crippen molar-refractivity contribution in [3.8, 4) is 0 Å². The first-order valence-corrected chi connectivity index (χ1v) is 7.38. The topological polar surface area (TPSA) is 41.3 Å². The third-order valence-corrected chi connectivity index (χ3v) is 3.84. The molecule has 1 fully saturated rings. The highest BCUT2D eigenvalue weighted by Gasteiger charge is 2.28. The summed E-state index contributed by atoms with van der Waals surface area (Å²) in [6.07, 6.45) is 3.96. The number of aromatic nitrogens is 1. The van der Waals surface area contributed by atoms with Crippen LogP contribution in [0.1, 0.15) is 45.8 Å². The molecule has 1 aliphatic heterocycles. The maximum Gasteiger partial charge on any atom is 0.208 e. The van der Waals surface area contributed by atoms with Gasteiger partial charge in [0.05, 0.1) is 12.7 Å². The van der Waals surface area contributed by atoms with E-state index in [0.717, 1.165) is 44.3 Å². The highest BCUT2D eigenvalue weighted by Crippen LogP contribution is 2.22. The van der Waals surface area contributed by atoms with Gasteiger partial charge in [-0.1, -0.05) is 27.7 Å². The van der Waals surface area contributed by atoms with E-state index in [1.807, 2.05) is 6.20 Å². The maximum atomic E-state index is 5.72. The molecule has 108 valence electrons. The Morgan fingerprint density at radius 2 is 2.26 bits per heavy atom. The molecule has 4 nitrogen and oxygen atoms in total. The number of oxazole rings is 1. The average molecular weight is 265 g/mol. The molecule has 1 aromatic rings. The van der Waals surface area contributed by atoms with E-state index in [1.54, 1.807) is 0 Å². The van der Waals surface area contributed by atoms with Gasteiger partial charge in [-0.3, -0.25) is 4.90 Å².